The van der Waals surface area contributed by atoms with Gasteiger partial charge in [0.1, 0.15) is 4.88 Å². The van der Waals surface area contributed by atoms with Crippen LogP contribution in [0.15, 0.2) is 18.2 Å². The quantitative estimate of drug-likeness (QED) is 0.544. The number of amides is 1. The van der Waals surface area contributed by atoms with Crippen LogP contribution in [0, 0.1) is 0 Å². The van der Waals surface area contributed by atoms with Crippen LogP contribution < -0.4 is 15.8 Å². The number of fused-ring (bicyclic) bond motifs is 1. The molecule has 1 aliphatic rings. The monoisotopic (exact) mass is 427 g/mol. The molecule has 1 aromatic heterocycles. The third-order valence-electron chi connectivity index (χ3n) is 4.07. The SMILES string of the molecule is CBr.CCOc1c(C(=O)NCCN2CCCC2)sc2ccc(N)cc12. The number of rotatable bonds is 6. The van der Waals surface area contributed by atoms with E-state index in [2.05, 4.69) is 26.1 Å². The first-order chi connectivity index (χ1) is 12.2. The van der Waals surface area contributed by atoms with Crippen molar-refractivity contribution in [2.24, 2.45) is 0 Å². The summed E-state index contributed by atoms with van der Waals surface area (Å²) >= 11 is 4.39. The zero-order chi connectivity index (χ0) is 18.2. The fourth-order valence-corrected chi connectivity index (χ4v) is 3.99. The largest absolute Gasteiger partial charge is 0.491 e. The van der Waals surface area contributed by atoms with Crippen molar-refractivity contribution in [3.05, 3.63) is 23.1 Å². The van der Waals surface area contributed by atoms with Crippen LogP contribution in [0.4, 0.5) is 5.69 Å². The van der Waals surface area contributed by atoms with Gasteiger partial charge in [-0.1, -0.05) is 15.9 Å². The van der Waals surface area contributed by atoms with Crippen LogP contribution >= 0.6 is 27.3 Å². The van der Waals surface area contributed by atoms with Gasteiger partial charge >= 0.3 is 0 Å². The fraction of sp³-hybridized carbons (Fsp3) is 0.500. The van der Waals surface area contributed by atoms with Gasteiger partial charge in [-0.15, -0.1) is 11.3 Å². The standard InChI is InChI=1S/C17H23N3O2S.CH3Br/c1-2-22-15-13-11-12(18)5-6-14(13)23-16(15)17(21)19-7-10-20-8-3-4-9-20;1-2/h5-6,11H,2-4,7-10,18H2,1H3,(H,19,21);1H3. The Morgan fingerprint density at radius 2 is 2.08 bits per heavy atom. The molecule has 2 heterocycles. The minimum absolute atomic E-state index is 0.0626. The molecule has 0 atom stereocenters. The van der Waals surface area contributed by atoms with Crippen LogP contribution in [-0.4, -0.2) is 49.4 Å². The lowest BCUT2D eigenvalue weighted by molar-refractivity contribution is 0.0950. The van der Waals surface area contributed by atoms with E-state index >= 15 is 0 Å². The molecule has 3 N–H and O–H groups in total. The second-order valence-electron chi connectivity index (χ2n) is 5.75. The number of halogens is 1. The van der Waals surface area contributed by atoms with Crippen LogP contribution in [0.3, 0.4) is 0 Å². The number of anilines is 1. The summed E-state index contributed by atoms with van der Waals surface area (Å²) in [5, 5.41) is 3.94. The molecule has 1 saturated heterocycles. The molecule has 7 heteroatoms. The van der Waals surface area contributed by atoms with E-state index in [1.807, 2.05) is 31.0 Å². The summed E-state index contributed by atoms with van der Waals surface area (Å²) in [5.74, 6) is 2.40. The van der Waals surface area contributed by atoms with Crippen molar-refractivity contribution in [1.82, 2.24) is 10.2 Å². The molecule has 3 rings (SSSR count). The summed E-state index contributed by atoms with van der Waals surface area (Å²) in [6.45, 7) is 6.30. The van der Waals surface area contributed by atoms with Gasteiger partial charge in [-0.2, -0.15) is 0 Å². The molecule has 1 aromatic carbocycles. The zero-order valence-electron chi connectivity index (χ0n) is 14.8. The van der Waals surface area contributed by atoms with Crippen LogP contribution in [0.25, 0.3) is 10.1 Å². The minimum atomic E-state index is -0.0626. The van der Waals surface area contributed by atoms with Crippen molar-refractivity contribution < 1.29 is 9.53 Å². The summed E-state index contributed by atoms with van der Waals surface area (Å²) < 4.78 is 6.75. The molecule has 5 nitrogen and oxygen atoms in total. The molecular weight excluding hydrogens is 402 g/mol. The molecular formula is C18H26BrN3O2S. The average Bonchev–Trinajstić information content (AvgIpc) is 3.25. The number of ether oxygens (including phenoxy) is 1. The first kappa shape index (κ1) is 20.0. The van der Waals surface area contributed by atoms with Crippen molar-refractivity contribution in [2.45, 2.75) is 19.8 Å². The fourth-order valence-electron chi connectivity index (χ4n) is 2.94. The summed E-state index contributed by atoms with van der Waals surface area (Å²) in [4.78, 5) is 15.6. The first-order valence-electron chi connectivity index (χ1n) is 8.52. The Morgan fingerprint density at radius 3 is 2.76 bits per heavy atom. The second kappa shape index (κ2) is 9.99. The van der Waals surface area contributed by atoms with Gasteiger partial charge in [0.15, 0.2) is 5.75 Å². The predicted octanol–water partition coefficient (Wildman–Crippen LogP) is 3.72. The number of nitrogen functional groups attached to an aromatic ring is 1. The van der Waals surface area contributed by atoms with E-state index in [9.17, 15) is 4.79 Å². The van der Waals surface area contributed by atoms with E-state index < -0.39 is 0 Å². The topological polar surface area (TPSA) is 67.6 Å². The van der Waals surface area contributed by atoms with Crippen LogP contribution in [0.1, 0.15) is 29.4 Å². The summed E-state index contributed by atoms with van der Waals surface area (Å²) in [5.41, 5.74) is 6.55. The Kier molecular flexibility index (Phi) is 7.99. The van der Waals surface area contributed by atoms with Crippen LogP contribution in [0.5, 0.6) is 5.75 Å². The van der Waals surface area contributed by atoms with Gasteiger partial charge in [0.25, 0.3) is 5.91 Å². The number of carbonyl (C=O) groups excluding carboxylic acids is 1. The van der Waals surface area contributed by atoms with Gasteiger partial charge in [0.05, 0.1) is 6.61 Å². The maximum absolute atomic E-state index is 12.5. The number of carbonyl (C=O) groups is 1. The van der Waals surface area contributed by atoms with E-state index in [4.69, 9.17) is 10.5 Å². The van der Waals surface area contributed by atoms with E-state index in [0.29, 0.717) is 29.5 Å². The number of alkyl halides is 1. The molecule has 2 aromatic rings. The molecule has 0 radical (unpaired) electrons. The molecule has 0 aliphatic carbocycles. The number of benzene rings is 1. The lowest BCUT2D eigenvalue weighted by atomic mass is 10.2. The van der Waals surface area contributed by atoms with Gasteiger partial charge in [0.2, 0.25) is 0 Å². The van der Waals surface area contributed by atoms with E-state index in [1.165, 1.54) is 24.2 Å². The van der Waals surface area contributed by atoms with Crippen molar-refractivity contribution in [3.63, 3.8) is 0 Å². The third kappa shape index (κ3) is 5.09. The molecule has 1 fully saturated rings. The lowest BCUT2D eigenvalue weighted by Crippen LogP contribution is -2.33. The Hall–Kier alpha value is -1.31. The maximum atomic E-state index is 12.5. The number of nitrogens with two attached hydrogens (primary N) is 1. The summed E-state index contributed by atoms with van der Waals surface area (Å²) in [6, 6.07) is 5.67. The molecule has 0 spiro atoms. The molecule has 0 unspecified atom stereocenters. The Labute approximate surface area is 161 Å². The summed E-state index contributed by atoms with van der Waals surface area (Å²) in [6.07, 6.45) is 2.53. The predicted molar refractivity (Wildman–Crippen MR) is 110 cm³/mol. The van der Waals surface area contributed by atoms with Gasteiger partial charge in [-0.25, -0.2) is 0 Å². The van der Waals surface area contributed by atoms with Crippen molar-refractivity contribution in [2.75, 3.05) is 44.4 Å². The van der Waals surface area contributed by atoms with Gasteiger partial charge in [-0.3, -0.25) is 4.79 Å². The molecule has 138 valence electrons. The number of nitrogens with zero attached hydrogens (tertiary/aromatic N) is 1. The van der Waals surface area contributed by atoms with E-state index in [0.717, 1.165) is 29.7 Å². The molecule has 25 heavy (non-hydrogen) atoms. The zero-order valence-corrected chi connectivity index (χ0v) is 17.2. The first-order valence-corrected chi connectivity index (χ1v) is 10.9. The molecule has 0 bridgehead atoms. The van der Waals surface area contributed by atoms with E-state index in [1.54, 1.807) is 0 Å². The highest BCUT2D eigenvalue weighted by molar-refractivity contribution is 9.08. The number of likely N-dealkylation sites (tertiary alicyclic amines) is 1. The number of nitrogens with one attached hydrogen (secondary N) is 1. The number of hydrogen-bond acceptors (Lipinski definition) is 5. The average molecular weight is 428 g/mol. The van der Waals surface area contributed by atoms with Crippen molar-refractivity contribution >= 4 is 48.9 Å². The Bertz CT molecular complexity index is 699. The highest BCUT2D eigenvalue weighted by Crippen LogP contribution is 2.38. The van der Waals surface area contributed by atoms with Crippen molar-refractivity contribution in [1.29, 1.82) is 0 Å². The summed E-state index contributed by atoms with van der Waals surface area (Å²) in [7, 11) is 0. The number of thiophene rings is 1. The normalized spacial score (nSPS) is 14.2. The number of hydrogen-bond donors (Lipinski definition) is 2. The highest BCUT2D eigenvalue weighted by Gasteiger charge is 2.20. The van der Waals surface area contributed by atoms with Crippen molar-refractivity contribution in [3.8, 4) is 5.75 Å². The van der Waals surface area contributed by atoms with E-state index in [-0.39, 0.29) is 5.91 Å². The lowest BCUT2D eigenvalue weighted by Gasteiger charge is -2.14. The van der Waals surface area contributed by atoms with Crippen LogP contribution in [-0.2, 0) is 0 Å². The minimum Gasteiger partial charge on any atom is -0.491 e. The van der Waals surface area contributed by atoms with Crippen LogP contribution in [0.2, 0.25) is 0 Å². The molecule has 1 amide bonds. The van der Waals surface area contributed by atoms with Gasteiger partial charge in [-0.05, 0) is 56.9 Å². The third-order valence-corrected chi connectivity index (χ3v) is 5.22. The maximum Gasteiger partial charge on any atom is 0.265 e. The Morgan fingerprint density at radius 1 is 1.36 bits per heavy atom. The molecule has 0 saturated carbocycles. The second-order valence-corrected chi connectivity index (χ2v) is 6.81. The van der Waals surface area contributed by atoms with Gasteiger partial charge < -0.3 is 20.7 Å². The van der Waals surface area contributed by atoms with Gasteiger partial charge in [0, 0.05) is 28.9 Å². The molecule has 1 aliphatic heterocycles. The highest BCUT2D eigenvalue weighted by atomic mass is 79.9. The Balaban J connectivity index is 0.00000109. The smallest absolute Gasteiger partial charge is 0.265 e.